The van der Waals surface area contributed by atoms with Gasteiger partial charge in [0.15, 0.2) is 5.82 Å². The van der Waals surface area contributed by atoms with Crippen LogP contribution in [0.25, 0.3) is 5.82 Å². The summed E-state index contributed by atoms with van der Waals surface area (Å²) in [5, 5.41) is 13.6. The van der Waals surface area contributed by atoms with Crippen LogP contribution in [0.4, 0.5) is 0 Å². The Bertz CT molecular complexity index is 622. The van der Waals surface area contributed by atoms with Crippen LogP contribution >= 0.6 is 0 Å². The molecule has 0 saturated heterocycles. The topological polar surface area (TPSA) is 54.5 Å². The zero-order valence-corrected chi connectivity index (χ0v) is 11.0. The van der Waals surface area contributed by atoms with Gasteiger partial charge in [0.1, 0.15) is 0 Å². The number of hydrogen-bond acceptors (Lipinski definition) is 3. The van der Waals surface area contributed by atoms with Gasteiger partial charge in [0.05, 0.1) is 11.8 Å². The average Bonchev–Trinajstić information content (AvgIpc) is 2.79. The van der Waals surface area contributed by atoms with Crippen molar-refractivity contribution in [1.29, 1.82) is 5.26 Å². The molecular formula is C15H16N4. The molecule has 1 aliphatic carbocycles. The summed E-state index contributed by atoms with van der Waals surface area (Å²) in [5.74, 6) is 1.20. The molecule has 0 fully saturated rings. The van der Waals surface area contributed by atoms with E-state index in [1.807, 2.05) is 29.8 Å². The van der Waals surface area contributed by atoms with Crippen LogP contribution in [0.15, 0.2) is 24.4 Å². The highest BCUT2D eigenvalue weighted by molar-refractivity contribution is 5.37. The largest absolute Gasteiger partial charge is 0.237 e. The summed E-state index contributed by atoms with van der Waals surface area (Å²) in [7, 11) is 0. The normalized spacial score (nSPS) is 17.8. The Labute approximate surface area is 112 Å². The SMILES string of the molecule is Cc1nn(-c2ccccn2)c2c1C(CC#N)CCC2. The number of nitrogens with zero attached hydrogens (tertiary/aromatic N) is 4. The van der Waals surface area contributed by atoms with Gasteiger partial charge in [-0.15, -0.1) is 0 Å². The van der Waals surface area contributed by atoms with Gasteiger partial charge in [-0.2, -0.15) is 10.4 Å². The minimum atomic E-state index is 0.339. The summed E-state index contributed by atoms with van der Waals surface area (Å²) in [6.07, 6.45) is 5.61. The van der Waals surface area contributed by atoms with Gasteiger partial charge in [-0.1, -0.05) is 6.07 Å². The van der Waals surface area contributed by atoms with Crippen LogP contribution in [0.3, 0.4) is 0 Å². The second-order valence-corrected chi connectivity index (χ2v) is 5.00. The monoisotopic (exact) mass is 252 g/mol. The lowest BCUT2D eigenvalue weighted by Crippen LogP contribution is -2.12. The molecule has 0 saturated carbocycles. The standard InChI is InChI=1S/C15H16N4/c1-11-15-12(8-9-16)5-4-6-13(15)19(18-11)14-7-2-3-10-17-14/h2-3,7,10,12H,4-6,8H2,1H3. The van der Waals surface area contributed by atoms with E-state index in [2.05, 4.69) is 16.2 Å². The Balaban J connectivity index is 2.11. The Kier molecular flexibility index (Phi) is 3.04. The Hall–Kier alpha value is -2.15. The van der Waals surface area contributed by atoms with Crippen molar-refractivity contribution in [2.24, 2.45) is 0 Å². The highest BCUT2D eigenvalue weighted by Gasteiger charge is 2.27. The molecule has 19 heavy (non-hydrogen) atoms. The van der Waals surface area contributed by atoms with Crippen LogP contribution < -0.4 is 0 Å². The van der Waals surface area contributed by atoms with E-state index in [0.29, 0.717) is 12.3 Å². The minimum Gasteiger partial charge on any atom is -0.237 e. The highest BCUT2D eigenvalue weighted by Crippen LogP contribution is 2.36. The van der Waals surface area contributed by atoms with Crippen LogP contribution in [0.5, 0.6) is 0 Å². The van der Waals surface area contributed by atoms with E-state index in [-0.39, 0.29) is 0 Å². The van der Waals surface area contributed by atoms with Crippen molar-refractivity contribution in [3.05, 3.63) is 41.3 Å². The summed E-state index contributed by atoms with van der Waals surface area (Å²) >= 11 is 0. The fraction of sp³-hybridized carbons (Fsp3) is 0.400. The first-order valence-corrected chi connectivity index (χ1v) is 6.68. The van der Waals surface area contributed by atoms with Crippen molar-refractivity contribution >= 4 is 0 Å². The summed E-state index contributed by atoms with van der Waals surface area (Å²) in [4.78, 5) is 4.38. The van der Waals surface area contributed by atoms with Crippen LogP contribution in [0.1, 0.15) is 42.1 Å². The first kappa shape index (κ1) is 11.9. The predicted molar refractivity (Wildman–Crippen MR) is 72.0 cm³/mol. The zero-order chi connectivity index (χ0) is 13.2. The summed E-state index contributed by atoms with van der Waals surface area (Å²) < 4.78 is 1.95. The fourth-order valence-electron chi connectivity index (χ4n) is 3.00. The average molecular weight is 252 g/mol. The second-order valence-electron chi connectivity index (χ2n) is 5.00. The number of aromatic nitrogens is 3. The summed E-state index contributed by atoms with van der Waals surface area (Å²) in [6.45, 7) is 2.04. The van der Waals surface area contributed by atoms with Crippen molar-refractivity contribution in [2.75, 3.05) is 0 Å². The van der Waals surface area contributed by atoms with E-state index in [9.17, 15) is 0 Å². The third-order valence-corrected chi connectivity index (χ3v) is 3.78. The molecule has 0 N–H and O–H groups in total. The van der Waals surface area contributed by atoms with Crippen molar-refractivity contribution in [3.63, 3.8) is 0 Å². The number of nitriles is 1. The predicted octanol–water partition coefficient (Wildman–Crippen LogP) is 2.91. The number of fused-ring (bicyclic) bond motifs is 1. The smallest absolute Gasteiger partial charge is 0.153 e. The Morgan fingerprint density at radius 2 is 2.37 bits per heavy atom. The van der Waals surface area contributed by atoms with Gasteiger partial charge in [-0.25, -0.2) is 9.67 Å². The molecule has 0 radical (unpaired) electrons. The molecule has 4 heteroatoms. The number of hydrogen-bond donors (Lipinski definition) is 0. The molecule has 3 rings (SSSR count). The van der Waals surface area contributed by atoms with E-state index in [1.54, 1.807) is 6.20 Å². The van der Waals surface area contributed by atoms with E-state index >= 15 is 0 Å². The molecule has 2 aromatic heterocycles. The van der Waals surface area contributed by atoms with Gasteiger partial charge in [0, 0.05) is 29.8 Å². The molecule has 0 aromatic carbocycles. The second kappa shape index (κ2) is 4.85. The lowest BCUT2D eigenvalue weighted by atomic mass is 9.83. The lowest BCUT2D eigenvalue weighted by Gasteiger charge is -2.21. The first-order valence-electron chi connectivity index (χ1n) is 6.68. The van der Waals surface area contributed by atoms with Gasteiger partial charge in [0.2, 0.25) is 0 Å². The molecular weight excluding hydrogens is 236 g/mol. The third kappa shape index (κ3) is 2.01. The van der Waals surface area contributed by atoms with Gasteiger partial charge < -0.3 is 0 Å². The van der Waals surface area contributed by atoms with Crippen molar-refractivity contribution < 1.29 is 0 Å². The summed E-state index contributed by atoms with van der Waals surface area (Å²) in [6, 6.07) is 8.16. The van der Waals surface area contributed by atoms with E-state index < -0.39 is 0 Å². The molecule has 0 bridgehead atoms. The van der Waals surface area contributed by atoms with Gasteiger partial charge in [-0.3, -0.25) is 0 Å². The quantitative estimate of drug-likeness (QED) is 0.825. The molecule has 2 aromatic rings. The Morgan fingerprint density at radius 1 is 1.47 bits per heavy atom. The van der Waals surface area contributed by atoms with Gasteiger partial charge in [-0.05, 0) is 38.3 Å². The molecule has 0 aliphatic heterocycles. The molecule has 4 nitrogen and oxygen atoms in total. The van der Waals surface area contributed by atoms with Crippen LogP contribution in [-0.2, 0) is 6.42 Å². The minimum absolute atomic E-state index is 0.339. The molecule has 0 amide bonds. The highest BCUT2D eigenvalue weighted by atomic mass is 15.3. The van der Waals surface area contributed by atoms with Crippen LogP contribution in [-0.4, -0.2) is 14.8 Å². The number of rotatable bonds is 2. The zero-order valence-electron chi connectivity index (χ0n) is 11.0. The molecule has 1 unspecified atom stereocenters. The molecule has 0 spiro atoms. The van der Waals surface area contributed by atoms with E-state index in [0.717, 1.165) is 30.8 Å². The van der Waals surface area contributed by atoms with Crippen LogP contribution in [0, 0.1) is 18.3 Å². The maximum absolute atomic E-state index is 8.97. The first-order chi connectivity index (χ1) is 9.31. The maximum atomic E-state index is 8.97. The fourth-order valence-corrected chi connectivity index (χ4v) is 3.00. The molecule has 2 heterocycles. The number of aryl methyl sites for hydroxylation is 1. The van der Waals surface area contributed by atoms with Crippen LogP contribution in [0.2, 0.25) is 0 Å². The molecule has 1 aliphatic rings. The summed E-state index contributed by atoms with van der Waals surface area (Å²) in [5.41, 5.74) is 3.56. The molecule has 1 atom stereocenters. The third-order valence-electron chi connectivity index (χ3n) is 3.78. The van der Waals surface area contributed by atoms with Crippen molar-refractivity contribution in [2.45, 2.75) is 38.5 Å². The van der Waals surface area contributed by atoms with Crippen molar-refractivity contribution in [1.82, 2.24) is 14.8 Å². The number of pyridine rings is 1. The van der Waals surface area contributed by atoms with E-state index in [1.165, 1.54) is 11.3 Å². The van der Waals surface area contributed by atoms with Gasteiger partial charge in [0.25, 0.3) is 0 Å². The van der Waals surface area contributed by atoms with E-state index in [4.69, 9.17) is 5.26 Å². The Morgan fingerprint density at radius 3 is 3.11 bits per heavy atom. The van der Waals surface area contributed by atoms with Crippen molar-refractivity contribution in [3.8, 4) is 11.9 Å². The van der Waals surface area contributed by atoms with Gasteiger partial charge >= 0.3 is 0 Å². The molecule has 96 valence electrons. The lowest BCUT2D eigenvalue weighted by molar-refractivity contribution is 0.548. The maximum Gasteiger partial charge on any atom is 0.153 e.